The van der Waals surface area contributed by atoms with Gasteiger partial charge in [-0.15, -0.1) is 22.7 Å². The lowest BCUT2D eigenvalue weighted by molar-refractivity contribution is 1.31. The van der Waals surface area contributed by atoms with Crippen molar-refractivity contribution in [2.24, 2.45) is 0 Å². The van der Waals surface area contributed by atoms with E-state index in [0.29, 0.717) is 0 Å². The van der Waals surface area contributed by atoms with Crippen LogP contribution in [0.2, 0.25) is 0 Å². The van der Waals surface area contributed by atoms with Gasteiger partial charge in [-0.25, -0.2) is 0 Å². The van der Waals surface area contributed by atoms with Gasteiger partial charge >= 0.3 is 0 Å². The molecule has 0 atom stereocenters. The van der Waals surface area contributed by atoms with E-state index in [1.54, 1.807) is 0 Å². The van der Waals surface area contributed by atoms with Crippen LogP contribution in [0.15, 0.2) is 188 Å². The first-order chi connectivity index (χ1) is 26.3. The van der Waals surface area contributed by atoms with E-state index in [4.69, 9.17) is 0 Å². The molecule has 0 aliphatic heterocycles. The lowest BCUT2D eigenvalue weighted by Crippen LogP contribution is -2.11. The number of nitrogens with zero attached hydrogens (tertiary/aromatic N) is 1. The predicted molar refractivity (Wildman–Crippen MR) is 233 cm³/mol. The third-order valence-corrected chi connectivity index (χ3v) is 13.0. The summed E-state index contributed by atoms with van der Waals surface area (Å²) in [7, 11) is 0. The summed E-state index contributed by atoms with van der Waals surface area (Å²) in [6.07, 6.45) is 0. The molecule has 0 aliphatic carbocycles. The summed E-state index contributed by atoms with van der Waals surface area (Å²) in [4.78, 5) is 2.50. The molecule has 0 radical (unpaired) electrons. The highest BCUT2D eigenvalue weighted by Gasteiger charge is 2.21. The van der Waals surface area contributed by atoms with Crippen molar-refractivity contribution in [1.82, 2.24) is 0 Å². The Morgan fingerprint density at radius 3 is 1.77 bits per heavy atom. The Balaban J connectivity index is 1.23. The van der Waals surface area contributed by atoms with Crippen LogP contribution in [-0.2, 0) is 0 Å². The second-order valence-corrected chi connectivity index (χ2v) is 15.8. The molecule has 2 heterocycles. The Morgan fingerprint density at radius 1 is 0.321 bits per heavy atom. The molecule has 0 bridgehead atoms. The normalized spacial score (nSPS) is 11.8. The molecule has 0 saturated heterocycles. The molecule has 0 aliphatic rings. The van der Waals surface area contributed by atoms with Gasteiger partial charge in [0, 0.05) is 57.1 Å². The molecule has 0 spiro atoms. The first kappa shape index (κ1) is 30.4. The Hall–Kier alpha value is -6.26. The topological polar surface area (TPSA) is 3.24 Å². The Morgan fingerprint density at radius 2 is 0.943 bits per heavy atom. The second kappa shape index (κ2) is 12.2. The maximum absolute atomic E-state index is 2.50. The third-order valence-electron chi connectivity index (χ3n) is 10.6. The zero-order chi connectivity index (χ0) is 34.9. The van der Waals surface area contributed by atoms with Crippen molar-refractivity contribution in [3.05, 3.63) is 188 Å². The number of hydrogen-bond donors (Lipinski definition) is 0. The Bertz CT molecular complexity index is 3190. The summed E-state index contributed by atoms with van der Waals surface area (Å²) >= 11 is 3.75. The van der Waals surface area contributed by atoms with Crippen molar-refractivity contribution in [1.29, 1.82) is 0 Å². The molecule has 11 aromatic rings. The monoisotopic (exact) mass is 709 g/mol. The fourth-order valence-corrected chi connectivity index (χ4v) is 10.5. The summed E-state index contributed by atoms with van der Waals surface area (Å²) < 4.78 is 5.23. The molecule has 0 fully saturated rings. The Labute approximate surface area is 315 Å². The smallest absolute Gasteiger partial charge is 0.0546 e. The zero-order valence-electron chi connectivity index (χ0n) is 28.7. The van der Waals surface area contributed by atoms with Crippen molar-refractivity contribution in [2.75, 3.05) is 4.90 Å². The van der Waals surface area contributed by atoms with E-state index in [0.717, 1.165) is 17.1 Å². The van der Waals surface area contributed by atoms with E-state index >= 15 is 0 Å². The third kappa shape index (κ3) is 4.97. The Kier molecular flexibility index (Phi) is 6.97. The van der Waals surface area contributed by atoms with Crippen LogP contribution < -0.4 is 4.90 Å². The van der Waals surface area contributed by atoms with E-state index in [2.05, 4.69) is 193 Å². The van der Waals surface area contributed by atoms with Gasteiger partial charge in [-0.05, 0) is 86.9 Å². The fraction of sp³-hybridized carbons (Fsp3) is 0. The summed E-state index contributed by atoms with van der Waals surface area (Å²) in [5.41, 5.74) is 8.27. The van der Waals surface area contributed by atoms with E-state index in [-0.39, 0.29) is 0 Å². The number of hydrogen-bond acceptors (Lipinski definition) is 3. The SMILES string of the molecule is c1ccc(-c2cc(-c3cccc4c3sc3ccccc34)cc(N(c3ccc4c(c3)sc3ccccc34)c3cc4ccccc4c4ccccc34)c2)cc1. The number of anilines is 3. The molecule has 0 saturated carbocycles. The van der Waals surface area contributed by atoms with Crippen LogP contribution in [-0.4, -0.2) is 0 Å². The lowest BCUT2D eigenvalue weighted by Gasteiger charge is -2.29. The zero-order valence-corrected chi connectivity index (χ0v) is 30.3. The van der Waals surface area contributed by atoms with Gasteiger partial charge in [0.2, 0.25) is 0 Å². The van der Waals surface area contributed by atoms with Crippen LogP contribution in [0.25, 0.3) is 84.1 Å². The minimum absolute atomic E-state index is 1.13. The maximum atomic E-state index is 2.50. The molecule has 53 heavy (non-hydrogen) atoms. The fourth-order valence-electron chi connectivity index (χ4n) is 8.17. The second-order valence-electron chi connectivity index (χ2n) is 13.7. The number of thiophene rings is 2. The van der Waals surface area contributed by atoms with Crippen LogP contribution in [0.3, 0.4) is 0 Å². The minimum Gasteiger partial charge on any atom is -0.310 e. The molecule has 0 amide bonds. The van der Waals surface area contributed by atoms with E-state index in [1.165, 1.54) is 84.1 Å². The molecule has 1 nitrogen and oxygen atoms in total. The molecule has 0 unspecified atom stereocenters. The highest BCUT2D eigenvalue weighted by molar-refractivity contribution is 7.26. The van der Waals surface area contributed by atoms with Gasteiger partial charge in [-0.1, -0.05) is 140 Å². The summed E-state index contributed by atoms with van der Waals surface area (Å²) in [6.45, 7) is 0. The van der Waals surface area contributed by atoms with Gasteiger partial charge in [0.05, 0.1) is 5.69 Å². The molecule has 9 aromatic carbocycles. The molecular formula is C50H31NS2. The van der Waals surface area contributed by atoms with Gasteiger partial charge in [-0.3, -0.25) is 0 Å². The van der Waals surface area contributed by atoms with E-state index in [9.17, 15) is 0 Å². The highest BCUT2D eigenvalue weighted by atomic mass is 32.1. The first-order valence-electron chi connectivity index (χ1n) is 18.0. The van der Waals surface area contributed by atoms with Crippen LogP contribution in [0.4, 0.5) is 17.1 Å². The standard InChI is InChI=1S/C50H31NS2/c1-2-13-32(14-3-1)34-27-35(39-21-12-22-45-43-20-9-11-24-48(43)53-50(39)45)29-37(28-34)51(36-25-26-44-42-19-8-10-23-47(42)52-49(44)31-36)46-30-33-15-4-5-16-38(33)40-17-6-7-18-41(40)46/h1-31H. The lowest BCUT2D eigenvalue weighted by atomic mass is 9.95. The van der Waals surface area contributed by atoms with E-state index < -0.39 is 0 Å². The summed E-state index contributed by atoms with van der Waals surface area (Å²) in [5, 5.41) is 10.2. The average molecular weight is 710 g/mol. The molecule has 0 N–H and O–H groups in total. The minimum atomic E-state index is 1.13. The quantitative estimate of drug-likeness (QED) is 0.161. The molecular weight excluding hydrogens is 679 g/mol. The highest BCUT2D eigenvalue weighted by Crippen LogP contribution is 2.47. The molecule has 2 aromatic heterocycles. The van der Waals surface area contributed by atoms with Gasteiger partial charge < -0.3 is 4.90 Å². The summed E-state index contributed by atoms with van der Waals surface area (Å²) in [5.74, 6) is 0. The van der Waals surface area contributed by atoms with Gasteiger partial charge in [0.15, 0.2) is 0 Å². The maximum Gasteiger partial charge on any atom is 0.0546 e. The number of fused-ring (bicyclic) bond motifs is 9. The molecule has 3 heteroatoms. The van der Waals surface area contributed by atoms with Crippen LogP contribution >= 0.6 is 22.7 Å². The van der Waals surface area contributed by atoms with Crippen LogP contribution in [0.5, 0.6) is 0 Å². The van der Waals surface area contributed by atoms with Gasteiger partial charge in [0.25, 0.3) is 0 Å². The van der Waals surface area contributed by atoms with Crippen LogP contribution in [0, 0.1) is 0 Å². The number of rotatable bonds is 5. The first-order valence-corrected chi connectivity index (χ1v) is 19.6. The van der Waals surface area contributed by atoms with Crippen LogP contribution in [0.1, 0.15) is 0 Å². The average Bonchev–Trinajstić information content (AvgIpc) is 3.79. The number of benzene rings is 9. The predicted octanol–water partition coefficient (Wildman–Crippen LogP) is 15.5. The van der Waals surface area contributed by atoms with Crippen molar-refractivity contribution in [2.45, 2.75) is 0 Å². The van der Waals surface area contributed by atoms with Crippen molar-refractivity contribution >= 4 is 102 Å². The van der Waals surface area contributed by atoms with Crippen molar-refractivity contribution in [3.63, 3.8) is 0 Å². The summed E-state index contributed by atoms with van der Waals surface area (Å²) in [6, 6.07) is 69.4. The van der Waals surface area contributed by atoms with Crippen molar-refractivity contribution in [3.8, 4) is 22.3 Å². The molecule has 11 rings (SSSR count). The molecule has 248 valence electrons. The van der Waals surface area contributed by atoms with Gasteiger partial charge in [-0.2, -0.15) is 0 Å². The largest absolute Gasteiger partial charge is 0.310 e. The van der Waals surface area contributed by atoms with E-state index in [1.807, 2.05) is 22.7 Å². The van der Waals surface area contributed by atoms with Gasteiger partial charge in [0.1, 0.15) is 0 Å². The van der Waals surface area contributed by atoms with Crippen molar-refractivity contribution < 1.29 is 0 Å².